The number of nitro benzene ring substituents is 2. The van der Waals surface area contributed by atoms with Crippen LogP contribution in [0.2, 0.25) is 0 Å². The molecule has 1 N–H and O–H groups in total. The molecule has 0 aliphatic carbocycles. The van der Waals surface area contributed by atoms with Gasteiger partial charge in [0.05, 0.1) is 40.5 Å². The lowest BCUT2D eigenvalue weighted by Crippen LogP contribution is -1.93. The molecule has 1 heterocycles. The maximum absolute atomic E-state index is 11.3. The van der Waals surface area contributed by atoms with Crippen molar-refractivity contribution in [1.82, 2.24) is 0 Å². The quantitative estimate of drug-likeness (QED) is 0.367. The summed E-state index contributed by atoms with van der Waals surface area (Å²) >= 11 is 0. The van der Waals surface area contributed by atoms with Crippen LogP contribution in [0, 0.1) is 20.2 Å². The average molecular weight is 382 g/mol. The van der Waals surface area contributed by atoms with E-state index in [-0.39, 0.29) is 11.4 Å². The van der Waals surface area contributed by atoms with Crippen molar-refractivity contribution >= 4 is 23.3 Å². The fourth-order valence-electron chi connectivity index (χ4n) is 2.39. The molecule has 0 aliphatic rings. The second kappa shape index (κ2) is 7.99. The zero-order chi connectivity index (χ0) is 20.1. The number of nitrogens with one attached hydrogen (secondary N) is 1. The van der Waals surface area contributed by atoms with Gasteiger partial charge in [-0.1, -0.05) is 0 Å². The summed E-state index contributed by atoms with van der Waals surface area (Å²) in [5.74, 6) is 1.05. The Balaban J connectivity index is 1.74. The van der Waals surface area contributed by atoms with Gasteiger partial charge in [0.25, 0.3) is 11.4 Å². The Kier molecular flexibility index (Phi) is 5.30. The summed E-state index contributed by atoms with van der Waals surface area (Å²) in [5, 5.41) is 25.9. The number of ether oxygens (including phenoxy) is 1. The van der Waals surface area contributed by atoms with E-state index in [1.54, 1.807) is 24.3 Å². The molecule has 0 bridgehead atoms. The first-order valence-electron chi connectivity index (χ1n) is 7.94. The molecule has 10 nitrogen and oxygen atoms in total. The number of hydrogen-bond donors (Lipinski definition) is 1. The van der Waals surface area contributed by atoms with E-state index in [2.05, 4.69) is 10.5 Å². The average Bonchev–Trinajstić information content (AvgIpc) is 3.16. The molecule has 0 aliphatic heterocycles. The van der Waals surface area contributed by atoms with Crippen LogP contribution in [0.15, 0.2) is 64.1 Å². The number of hydrogen-bond acceptors (Lipinski definition) is 8. The number of hydrazone groups is 1. The van der Waals surface area contributed by atoms with Crippen LogP contribution in [-0.4, -0.2) is 23.2 Å². The summed E-state index contributed by atoms with van der Waals surface area (Å²) in [6.45, 7) is 0. The Hall–Kier alpha value is -4.21. The molecule has 0 atom stereocenters. The minimum atomic E-state index is -0.510. The van der Waals surface area contributed by atoms with Gasteiger partial charge < -0.3 is 9.15 Å². The lowest BCUT2D eigenvalue weighted by molar-refractivity contribution is -0.384. The predicted molar refractivity (Wildman–Crippen MR) is 102 cm³/mol. The Labute approximate surface area is 158 Å². The molecule has 0 unspecified atom stereocenters. The number of nitrogens with zero attached hydrogens (tertiary/aromatic N) is 3. The van der Waals surface area contributed by atoms with Crippen molar-refractivity contribution in [3.05, 3.63) is 80.6 Å². The van der Waals surface area contributed by atoms with Gasteiger partial charge in [0.15, 0.2) is 0 Å². The van der Waals surface area contributed by atoms with E-state index < -0.39 is 9.85 Å². The summed E-state index contributed by atoms with van der Waals surface area (Å²) in [7, 11) is 1.43. The number of anilines is 1. The van der Waals surface area contributed by atoms with Crippen LogP contribution in [0.1, 0.15) is 5.76 Å². The van der Waals surface area contributed by atoms with E-state index in [4.69, 9.17) is 9.15 Å². The van der Waals surface area contributed by atoms with Crippen LogP contribution in [0.25, 0.3) is 11.3 Å². The molecule has 0 saturated heterocycles. The first kappa shape index (κ1) is 18.6. The summed E-state index contributed by atoms with van der Waals surface area (Å²) in [4.78, 5) is 20.9. The summed E-state index contributed by atoms with van der Waals surface area (Å²) in [6, 6.07) is 13.4. The molecule has 10 heteroatoms. The molecule has 3 rings (SSSR count). The van der Waals surface area contributed by atoms with Gasteiger partial charge in [-0.05, 0) is 36.4 Å². The van der Waals surface area contributed by atoms with Gasteiger partial charge >= 0.3 is 0 Å². The Morgan fingerprint density at radius 3 is 2.43 bits per heavy atom. The number of benzene rings is 2. The molecule has 0 spiro atoms. The Morgan fingerprint density at radius 2 is 1.79 bits per heavy atom. The van der Waals surface area contributed by atoms with Crippen molar-refractivity contribution < 1.29 is 19.0 Å². The molecule has 2 aromatic carbocycles. The number of non-ortho nitro benzene ring substituents is 1. The van der Waals surface area contributed by atoms with E-state index in [0.29, 0.717) is 28.5 Å². The monoisotopic (exact) mass is 382 g/mol. The fraction of sp³-hybridized carbons (Fsp3) is 0.0556. The molecule has 1 aromatic heterocycles. The van der Waals surface area contributed by atoms with Gasteiger partial charge in [0.2, 0.25) is 0 Å². The van der Waals surface area contributed by atoms with Crippen molar-refractivity contribution in [1.29, 1.82) is 0 Å². The van der Waals surface area contributed by atoms with E-state index in [1.165, 1.54) is 43.7 Å². The van der Waals surface area contributed by atoms with E-state index in [0.717, 1.165) is 0 Å². The van der Waals surface area contributed by atoms with Gasteiger partial charge in [0.1, 0.15) is 17.3 Å². The topological polar surface area (TPSA) is 133 Å². The predicted octanol–water partition coefficient (Wildman–Crippen LogP) is 4.22. The number of nitro groups is 2. The molecule has 0 saturated carbocycles. The molecular formula is C18H14N4O6. The van der Waals surface area contributed by atoms with Gasteiger partial charge in [-0.2, -0.15) is 5.10 Å². The van der Waals surface area contributed by atoms with Crippen molar-refractivity contribution in [2.24, 2.45) is 5.10 Å². The minimum absolute atomic E-state index is 0.0220. The standard InChI is InChI=1S/C18H14N4O6/c1-27-14-6-8-16(17(10-14)22(25)26)18-9-7-15(28-18)11-19-20-12-2-4-13(5-3-12)21(23)24/h2-11,20H,1H3/b19-11+. The lowest BCUT2D eigenvalue weighted by atomic mass is 10.1. The fourth-order valence-corrected chi connectivity index (χ4v) is 2.39. The van der Waals surface area contributed by atoms with Crippen molar-refractivity contribution in [2.75, 3.05) is 12.5 Å². The minimum Gasteiger partial charge on any atom is -0.497 e. The molecule has 142 valence electrons. The zero-order valence-corrected chi connectivity index (χ0v) is 14.6. The molecular weight excluding hydrogens is 368 g/mol. The maximum Gasteiger partial charge on any atom is 0.284 e. The Bertz CT molecular complexity index is 1040. The second-order valence-electron chi connectivity index (χ2n) is 5.52. The summed E-state index contributed by atoms with van der Waals surface area (Å²) < 4.78 is 10.6. The summed E-state index contributed by atoms with van der Waals surface area (Å²) in [6.07, 6.45) is 1.39. The van der Waals surface area contributed by atoms with Crippen LogP contribution in [0.4, 0.5) is 17.1 Å². The normalized spacial score (nSPS) is 10.8. The third-order valence-electron chi connectivity index (χ3n) is 3.76. The van der Waals surface area contributed by atoms with Crippen molar-refractivity contribution in [2.45, 2.75) is 0 Å². The SMILES string of the molecule is COc1ccc(-c2ccc(/C=N/Nc3ccc([N+](=O)[O-])cc3)o2)c([N+](=O)[O-])c1. The first-order chi connectivity index (χ1) is 13.5. The van der Waals surface area contributed by atoms with Crippen LogP contribution in [-0.2, 0) is 0 Å². The third-order valence-corrected chi connectivity index (χ3v) is 3.76. The summed E-state index contributed by atoms with van der Waals surface area (Å²) in [5.41, 5.74) is 3.42. The van der Waals surface area contributed by atoms with Gasteiger partial charge in [-0.25, -0.2) is 0 Å². The van der Waals surface area contributed by atoms with Gasteiger partial charge in [-0.15, -0.1) is 0 Å². The molecule has 28 heavy (non-hydrogen) atoms. The molecule has 0 amide bonds. The third kappa shape index (κ3) is 4.12. The zero-order valence-electron chi connectivity index (χ0n) is 14.6. The highest BCUT2D eigenvalue weighted by Gasteiger charge is 2.19. The van der Waals surface area contributed by atoms with Crippen LogP contribution in [0.3, 0.4) is 0 Å². The lowest BCUT2D eigenvalue weighted by Gasteiger charge is -2.03. The molecule has 0 radical (unpaired) electrons. The van der Waals surface area contributed by atoms with Crippen LogP contribution >= 0.6 is 0 Å². The van der Waals surface area contributed by atoms with E-state index in [1.807, 2.05) is 0 Å². The second-order valence-corrected chi connectivity index (χ2v) is 5.52. The number of methoxy groups -OCH3 is 1. The highest BCUT2D eigenvalue weighted by atomic mass is 16.6. The largest absolute Gasteiger partial charge is 0.497 e. The molecule has 0 fully saturated rings. The van der Waals surface area contributed by atoms with Crippen LogP contribution < -0.4 is 10.2 Å². The smallest absolute Gasteiger partial charge is 0.284 e. The highest BCUT2D eigenvalue weighted by molar-refractivity contribution is 5.79. The first-order valence-corrected chi connectivity index (χ1v) is 7.94. The van der Waals surface area contributed by atoms with E-state index in [9.17, 15) is 20.2 Å². The number of rotatable bonds is 7. The highest BCUT2D eigenvalue weighted by Crippen LogP contribution is 2.33. The molecule has 3 aromatic rings. The van der Waals surface area contributed by atoms with Crippen LogP contribution in [0.5, 0.6) is 5.75 Å². The Morgan fingerprint density at radius 1 is 1.04 bits per heavy atom. The van der Waals surface area contributed by atoms with Crippen molar-refractivity contribution in [3.63, 3.8) is 0 Å². The van der Waals surface area contributed by atoms with Crippen molar-refractivity contribution in [3.8, 4) is 17.1 Å². The maximum atomic E-state index is 11.3. The van der Waals surface area contributed by atoms with E-state index >= 15 is 0 Å². The van der Waals surface area contributed by atoms with Gasteiger partial charge in [-0.3, -0.25) is 25.7 Å². The van der Waals surface area contributed by atoms with Gasteiger partial charge in [0, 0.05) is 12.1 Å². The number of furan rings is 1.